The lowest BCUT2D eigenvalue weighted by molar-refractivity contribution is 1.36. The summed E-state index contributed by atoms with van der Waals surface area (Å²) in [5, 5.41) is 8.72. The van der Waals surface area contributed by atoms with E-state index in [0.29, 0.717) is 10.6 Å². The molecule has 98 valence electrons. The van der Waals surface area contributed by atoms with Crippen molar-refractivity contribution < 1.29 is 0 Å². The van der Waals surface area contributed by atoms with Gasteiger partial charge < -0.3 is 5.73 Å². The van der Waals surface area contributed by atoms with E-state index >= 15 is 0 Å². The molecule has 3 N–H and O–H groups in total. The largest absolute Gasteiger partial charge is 0.384 e. The molecule has 0 atom stereocenters. The van der Waals surface area contributed by atoms with Gasteiger partial charge in [-0.05, 0) is 23.8 Å². The summed E-state index contributed by atoms with van der Waals surface area (Å²) in [7, 11) is 0. The topological polar surface area (TPSA) is 49.9 Å². The lowest BCUT2D eigenvalue weighted by Crippen LogP contribution is -2.10. The van der Waals surface area contributed by atoms with Crippen LogP contribution < -0.4 is 5.73 Å². The van der Waals surface area contributed by atoms with Gasteiger partial charge in [-0.25, -0.2) is 0 Å². The van der Waals surface area contributed by atoms with Gasteiger partial charge >= 0.3 is 0 Å². The van der Waals surface area contributed by atoms with Crippen molar-refractivity contribution in [3.8, 4) is 0 Å². The molecule has 0 radical (unpaired) electrons. The molecule has 0 saturated carbocycles. The quantitative estimate of drug-likeness (QED) is 0.494. The zero-order valence-corrected chi connectivity index (χ0v) is 12.3. The van der Waals surface area contributed by atoms with Crippen molar-refractivity contribution in [1.29, 1.82) is 5.41 Å². The van der Waals surface area contributed by atoms with Gasteiger partial charge in [0, 0.05) is 21.2 Å². The Morgan fingerprint density at radius 2 is 1.84 bits per heavy atom. The smallest absolute Gasteiger partial charge is 0.122 e. The highest BCUT2D eigenvalue weighted by molar-refractivity contribution is 7.98. The third-order valence-corrected chi connectivity index (χ3v) is 4.50. The molecule has 0 bridgehead atoms. The molecule has 2 aromatic carbocycles. The number of thioether (sulfide) groups is 1. The van der Waals surface area contributed by atoms with Gasteiger partial charge in [0.2, 0.25) is 0 Å². The molecule has 2 aromatic rings. The summed E-state index contributed by atoms with van der Waals surface area (Å²) in [4.78, 5) is 0.951. The number of nitrogen functional groups attached to an aromatic ring is 1. The van der Waals surface area contributed by atoms with Gasteiger partial charge in [0.05, 0.1) is 5.02 Å². The number of amidine groups is 1. The summed E-state index contributed by atoms with van der Waals surface area (Å²) in [5.41, 5.74) is 7.12. The van der Waals surface area contributed by atoms with E-state index in [1.807, 2.05) is 30.3 Å². The Balaban J connectivity index is 2.12. The van der Waals surface area contributed by atoms with E-state index in [9.17, 15) is 0 Å². The second-order valence-electron chi connectivity index (χ2n) is 3.94. The standard InChI is InChI=1S/C14H12Cl2N2S/c15-11-4-2-1-3-10(11)8-19-13-6-5-9(14(17)18)7-12(13)16/h1-7H,8H2,(H3,17,18). The molecule has 0 aliphatic heterocycles. The highest BCUT2D eigenvalue weighted by atomic mass is 35.5. The van der Waals surface area contributed by atoms with Crippen LogP contribution in [0.2, 0.25) is 10.0 Å². The number of hydrogen-bond acceptors (Lipinski definition) is 2. The lowest BCUT2D eigenvalue weighted by atomic mass is 10.2. The third kappa shape index (κ3) is 3.66. The normalized spacial score (nSPS) is 10.4. The Hall–Kier alpha value is -1.16. The number of rotatable bonds is 4. The minimum absolute atomic E-state index is 0.0181. The fraction of sp³-hybridized carbons (Fsp3) is 0.0714. The summed E-state index contributed by atoms with van der Waals surface area (Å²) in [6.45, 7) is 0. The van der Waals surface area contributed by atoms with Crippen LogP contribution in [-0.4, -0.2) is 5.84 Å². The number of nitrogens with two attached hydrogens (primary N) is 1. The molecular formula is C14H12Cl2N2S. The number of halogens is 2. The van der Waals surface area contributed by atoms with E-state index in [2.05, 4.69) is 0 Å². The SMILES string of the molecule is N=C(N)c1ccc(SCc2ccccc2Cl)c(Cl)c1. The van der Waals surface area contributed by atoms with Crippen LogP contribution in [0.5, 0.6) is 0 Å². The molecule has 0 fully saturated rings. The summed E-state index contributed by atoms with van der Waals surface area (Å²) in [5.74, 6) is 0.767. The monoisotopic (exact) mass is 310 g/mol. The minimum Gasteiger partial charge on any atom is -0.384 e. The fourth-order valence-corrected chi connectivity index (χ4v) is 3.11. The van der Waals surface area contributed by atoms with Crippen LogP contribution >= 0.6 is 35.0 Å². The van der Waals surface area contributed by atoms with E-state index in [4.69, 9.17) is 34.3 Å². The molecular weight excluding hydrogens is 299 g/mol. The predicted octanol–water partition coefficient (Wildman–Crippen LogP) is 4.57. The van der Waals surface area contributed by atoms with E-state index in [1.165, 1.54) is 0 Å². The van der Waals surface area contributed by atoms with E-state index in [-0.39, 0.29) is 5.84 Å². The van der Waals surface area contributed by atoms with Crippen LogP contribution in [-0.2, 0) is 5.75 Å². The van der Waals surface area contributed by atoms with Crippen molar-refractivity contribution >= 4 is 40.8 Å². The maximum Gasteiger partial charge on any atom is 0.122 e. The Morgan fingerprint density at radius 1 is 1.11 bits per heavy atom. The van der Waals surface area contributed by atoms with Crippen molar-refractivity contribution in [1.82, 2.24) is 0 Å². The average Bonchev–Trinajstić information content (AvgIpc) is 2.39. The van der Waals surface area contributed by atoms with Gasteiger partial charge in [0.25, 0.3) is 0 Å². The van der Waals surface area contributed by atoms with E-state index in [1.54, 1.807) is 23.9 Å². The predicted molar refractivity (Wildman–Crippen MR) is 83.5 cm³/mol. The second kappa shape index (κ2) is 6.33. The molecule has 0 saturated heterocycles. The molecule has 5 heteroatoms. The van der Waals surface area contributed by atoms with Crippen molar-refractivity contribution in [3.63, 3.8) is 0 Å². The zero-order chi connectivity index (χ0) is 13.8. The molecule has 19 heavy (non-hydrogen) atoms. The van der Waals surface area contributed by atoms with Gasteiger partial charge in [-0.2, -0.15) is 0 Å². The van der Waals surface area contributed by atoms with Crippen LogP contribution in [0, 0.1) is 5.41 Å². The van der Waals surface area contributed by atoms with Gasteiger partial charge in [-0.3, -0.25) is 5.41 Å². The van der Waals surface area contributed by atoms with Gasteiger partial charge in [-0.15, -0.1) is 11.8 Å². The van der Waals surface area contributed by atoms with Gasteiger partial charge in [0.15, 0.2) is 0 Å². The van der Waals surface area contributed by atoms with Crippen LogP contribution in [0.25, 0.3) is 0 Å². The van der Waals surface area contributed by atoms with Crippen LogP contribution in [0.4, 0.5) is 0 Å². The molecule has 0 spiro atoms. The molecule has 0 aliphatic carbocycles. The average molecular weight is 311 g/mol. The van der Waals surface area contributed by atoms with Crippen molar-refractivity contribution in [2.45, 2.75) is 10.6 Å². The lowest BCUT2D eigenvalue weighted by Gasteiger charge is -2.07. The number of nitrogens with one attached hydrogen (secondary N) is 1. The van der Waals surface area contributed by atoms with Crippen LogP contribution in [0.15, 0.2) is 47.4 Å². The Kier molecular flexibility index (Phi) is 4.75. The maximum absolute atomic E-state index is 7.36. The van der Waals surface area contributed by atoms with Crippen molar-refractivity contribution in [2.24, 2.45) is 5.73 Å². The van der Waals surface area contributed by atoms with Crippen LogP contribution in [0.3, 0.4) is 0 Å². The third-order valence-electron chi connectivity index (χ3n) is 2.58. The molecule has 0 heterocycles. The van der Waals surface area contributed by atoms with Gasteiger partial charge in [-0.1, -0.05) is 47.5 Å². The molecule has 0 aromatic heterocycles. The molecule has 0 unspecified atom stereocenters. The summed E-state index contributed by atoms with van der Waals surface area (Å²) < 4.78 is 0. The first-order chi connectivity index (χ1) is 9.08. The second-order valence-corrected chi connectivity index (χ2v) is 5.77. The summed E-state index contributed by atoms with van der Waals surface area (Å²) in [6.07, 6.45) is 0. The van der Waals surface area contributed by atoms with E-state index < -0.39 is 0 Å². The highest BCUT2D eigenvalue weighted by Crippen LogP contribution is 2.32. The van der Waals surface area contributed by atoms with Crippen molar-refractivity contribution in [3.05, 3.63) is 63.6 Å². The Bertz CT molecular complexity index is 614. The highest BCUT2D eigenvalue weighted by Gasteiger charge is 2.06. The first-order valence-electron chi connectivity index (χ1n) is 5.58. The Labute approximate surface area is 126 Å². The number of hydrogen-bond donors (Lipinski definition) is 2. The first-order valence-corrected chi connectivity index (χ1v) is 7.32. The first kappa shape index (κ1) is 14.3. The molecule has 2 rings (SSSR count). The minimum atomic E-state index is 0.0181. The van der Waals surface area contributed by atoms with Gasteiger partial charge in [0.1, 0.15) is 5.84 Å². The van der Waals surface area contributed by atoms with Crippen LogP contribution in [0.1, 0.15) is 11.1 Å². The summed E-state index contributed by atoms with van der Waals surface area (Å²) >= 11 is 13.9. The molecule has 0 amide bonds. The summed E-state index contributed by atoms with van der Waals surface area (Å²) in [6, 6.07) is 13.1. The Morgan fingerprint density at radius 3 is 2.47 bits per heavy atom. The molecule has 2 nitrogen and oxygen atoms in total. The number of benzene rings is 2. The van der Waals surface area contributed by atoms with Crippen molar-refractivity contribution in [2.75, 3.05) is 0 Å². The fourth-order valence-electron chi connectivity index (χ4n) is 1.56. The maximum atomic E-state index is 7.36. The molecule has 0 aliphatic rings. The van der Waals surface area contributed by atoms with E-state index in [0.717, 1.165) is 21.2 Å². The zero-order valence-electron chi connectivity index (χ0n) is 9.99.